The van der Waals surface area contributed by atoms with Crippen LogP contribution in [0.2, 0.25) is 0 Å². The third kappa shape index (κ3) is 2.85. The van der Waals surface area contributed by atoms with E-state index in [1.54, 1.807) is 6.92 Å². The maximum atomic E-state index is 13.3. The van der Waals surface area contributed by atoms with E-state index in [1.807, 2.05) is 0 Å². The normalized spacial score (nSPS) is 12.2. The molecule has 0 spiro atoms. The van der Waals surface area contributed by atoms with Crippen LogP contribution in [0.3, 0.4) is 0 Å². The zero-order valence-corrected chi connectivity index (χ0v) is 9.61. The number of benzene rings is 1. The van der Waals surface area contributed by atoms with E-state index in [0.717, 1.165) is 17.8 Å². The second-order valence-corrected chi connectivity index (χ2v) is 4.47. The Hall–Kier alpha value is -1.30. The molecule has 0 amide bonds. The van der Waals surface area contributed by atoms with Crippen molar-refractivity contribution < 1.29 is 18.3 Å². The van der Waals surface area contributed by atoms with Crippen molar-refractivity contribution in [2.75, 3.05) is 12.8 Å². The highest BCUT2D eigenvalue weighted by Gasteiger charge is 2.18. The average molecular weight is 247 g/mol. The standard InChI is InChI=1S/C10H11F2NO2S/c1-5(10(14)15-2)16-9-4-8(13)6(11)3-7(9)12/h3-5H,13H2,1-2H3. The number of nitrogen functional groups attached to an aromatic ring is 1. The molecule has 0 aliphatic rings. The molecule has 6 heteroatoms. The fraction of sp³-hybridized carbons (Fsp3) is 0.300. The highest BCUT2D eigenvalue weighted by atomic mass is 32.2. The number of methoxy groups -OCH3 is 1. The van der Waals surface area contributed by atoms with Gasteiger partial charge in [-0.05, 0) is 13.0 Å². The van der Waals surface area contributed by atoms with Crippen LogP contribution in [0.1, 0.15) is 6.92 Å². The molecule has 0 heterocycles. The van der Waals surface area contributed by atoms with Gasteiger partial charge in [0.2, 0.25) is 0 Å². The van der Waals surface area contributed by atoms with Gasteiger partial charge >= 0.3 is 5.97 Å². The van der Waals surface area contributed by atoms with Crippen molar-refractivity contribution in [3.05, 3.63) is 23.8 Å². The molecule has 1 aromatic rings. The number of anilines is 1. The molecule has 2 N–H and O–H groups in total. The zero-order valence-electron chi connectivity index (χ0n) is 8.79. The SMILES string of the molecule is COC(=O)C(C)Sc1cc(N)c(F)cc1F. The molecule has 0 bridgehead atoms. The molecular weight excluding hydrogens is 236 g/mol. The van der Waals surface area contributed by atoms with Gasteiger partial charge in [-0.3, -0.25) is 4.79 Å². The first-order chi connectivity index (χ1) is 7.45. The van der Waals surface area contributed by atoms with E-state index in [4.69, 9.17) is 5.73 Å². The van der Waals surface area contributed by atoms with Crippen molar-refractivity contribution in [3.8, 4) is 0 Å². The number of carbonyl (C=O) groups excluding carboxylic acids is 1. The quantitative estimate of drug-likeness (QED) is 0.505. The van der Waals surface area contributed by atoms with E-state index in [2.05, 4.69) is 4.74 Å². The van der Waals surface area contributed by atoms with Gasteiger partial charge in [0, 0.05) is 11.0 Å². The summed E-state index contributed by atoms with van der Waals surface area (Å²) in [5.74, 6) is -2.03. The Balaban J connectivity index is 2.89. The fourth-order valence-corrected chi connectivity index (χ4v) is 1.98. The van der Waals surface area contributed by atoms with Gasteiger partial charge in [-0.15, -0.1) is 11.8 Å². The molecular formula is C10H11F2NO2S. The lowest BCUT2D eigenvalue weighted by Gasteiger charge is -2.10. The summed E-state index contributed by atoms with van der Waals surface area (Å²) < 4.78 is 30.6. The van der Waals surface area contributed by atoms with Crippen molar-refractivity contribution in [3.63, 3.8) is 0 Å². The van der Waals surface area contributed by atoms with Gasteiger partial charge in [-0.25, -0.2) is 8.78 Å². The molecule has 1 atom stereocenters. The molecule has 16 heavy (non-hydrogen) atoms. The van der Waals surface area contributed by atoms with Crippen LogP contribution in [0.4, 0.5) is 14.5 Å². The van der Waals surface area contributed by atoms with Crippen molar-refractivity contribution in [2.45, 2.75) is 17.1 Å². The van der Waals surface area contributed by atoms with Crippen molar-refractivity contribution >= 4 is 23.4 Å². The monoisotopic (exact) mass is 247 g/mol. The van der Waals surface area contributed by atoms with E-state index in [9.17, 15) is 13.6 Å². The highest BCUT2D eigenvalue weighted by molar-refractivity contribution is 8.00. The van der Waals surface area contributed by atoms with Crippen molar-refractivity contribution in [1.82, 2.24) is 0 Å². The summed E-state index contributed by atoms with van der Waals surface area (Å²) in [6, 6.07) is 1.86. The Morgan fingerprint density at radius 2 is 2.06 bits per heavy atom. The highest BCUT2D eigenvalue weighted by Crippen LogP contribution is 2.29. The van der Waals surface area contributed by atoms with Crippen molar-refractivity contribution in [1.29, 1.82) is 0 Å². The minimum atomic E-state index is -0.812. The Morgan fingerprint density at radius 1 is 1.44 bits per heavy atom. The van der Waals surface area contributed by atoms with Crippen LogP contribution in [-0.2, 0) is 9.53 Å². The van der Waals surface area contributed by atoms with Crippen LogP contribution >= 0.6 is 11.8 Å². The van der Waals surface area contributed by atoms with Gasteiger partial charge in [0.1, 0.15) is 16.9 Å². The molecule has 1 aromatic carbocycles. The summed E-state index contributed by atoms with van der Waals surface area (Å²) in [6.45, 7) is 1.56. The van der Waals surface area contributed by atoms with E-state index < -0.39 is 22.9 Å². The number of thioether (sulfide) groups is 1. The number of esters is 1. The van der Waals surface area contributed by atoms with Crippen LogP contribution in [-0.4, -0.2) is 18.3 Å². The lowest BCUT2D eigenvalue weighted by Crippen LogP contribution is -2.14. The first kappa shape index (κ1) is 12.8. The topological polar surface area (TPSA) is 52.3 Å². The minimum absolute atomic E-state index is 0.122. The Morgan fingerprint density at radius 3 is 2.62 bits per heavy atom. The van der Waals surface area contributed by atoms with Gasteiger partial charge in [0.15, 0.2) is 0 Å². The van der Waals surface area contributed by atoms with E-state index in [0.29, 0.717) is 6.07 Å². The Labute approximate surface area is 96.0 Å². The summed E-state index contributed by atoms with van der Waals surface area (Å²) in [5, 5.41) is -0.579. The fourth-order valence-electron chi connectivity index (χ4n) is 1.04. The molecule has 0 aromatic heterocycles. The second-order valence-electron chi connectivity index (χ2n) is 3.09. The smallest absolute Gasteiger partial charge is 0.318 e. The lowest BCUT2D eigenvalue weighted by molar-refractivity contribution is -0.139. The third-order valence-electron chi connectivity index (χ3n) is 1.89. The number of halogens is 2. The largest absolute Gasteiger partial charge is 0.468 e. The number of nitrogens with two attached hydrogens (primary N) is 1. The van der Waals surface area contributed by atoms with Crippen LogP contribution < -0.4 is 5.73 Å². The Kier molecular flexibility index (Phi) is 4.12. The summed E-state index contributed by atoms with van der Waals surface area (Å²) >= 11 is 0.930. The molecule has 1 rings (SSSR count). The number of ether oxygens (including phenoxy) is 1. The molecule has 3 nitrogen and oxygen atoms in total. The first-order valence-corrected chi connectivity index (χ1v) is 5.32. The van der Waals surface area contributed by atoms with E-state index in [-0.39, 0.29) is 10.6 Å². The number of carbonyl (C=O) groups is 1. The van der Waals surface area contributed by atoms with Gasteiger partial charge in [0.05, 0.1) is 12.8 Å². The van der Waals surface area contributed by atoms with Crippen molar-refractivity contribution in [2.24, 2.45) is 0 Å². The molecule has 0 aliphatic carbocycles. The van der Waals surface area contributed by atoms with Crippen LogP contribution in [0, 0.1) is 11.6 Å². The molecule has 88 valence electrons. The van der Waals surface area contributed by atoms with Gasteiger partial charge in [0.25, 0.3) is 0 Å². The van der Waals surface area contributed by atoms with Gasteiger partial charge in [-0.1, -0.05) is 0 Å². The summed E-state index contributed by atoms with van der Waals surface area (Å²) in [7, 11) is 1.24. The minimum Gasteiger partial charge on any atom is -0.468 e. The van der Waals surface area contributed by atoms with Crippen LogP contribution in [0.25, 0.3) is 0 Å². The summed E-state index contributed by atoms with van der Waals surface area (Å²) in [5.41, 5.74) is 5.15. The molecule has 0 aliphatic heterocycles. The molecule has 0 radical (unpaired) electrons. The predicted octanol–water partition coefficient (Wildman–Crippen LogP) is 2.20. The maximum absolute atomic E-state index is 13.3. The number of rotatable bonds is 3. The van der Waals surface area contributed by atoms with E-state index >= 15 is 0 Å². The number of hydrogen-bond acceptors (Lipinski definition) is 4. The van der Waals surface area contributed by atoms with Crippen LogP contribution in [0.5, 0.6) is 0 Å². The third-order valence-corrected chi connectivity index (χ3v) is 3.00. The zero-order chi connectivity index (χ0) is 12.3. The van der Waals surface area contributed by atoms with E-state index in [1.165, 1.54) is 7.11 Å². The lowest BCUT2D eigenvalue weighted by atomic mass is 10.3. The molecule has 0 saturated carbocycles. The van der Waals surface area contributed by atoms with Gasteiger partial charge < -0.3 is 10.5 Å². The molecule has 1 unspecified atom stereocenters. The van der Waals surface area contributed by atoms with Gasteiger partial charge in [-0.2, -0.15) is 0 Å². The summed E-state index contributed by atoms with van der Waals surface area (Å²) in [4.78, 5) is 11.2. The average Bonchev–Trinajstić information content (AvgIpc) is 2.24. The second kappa shape index (κ2) is 5.16. The Bertz CT molecular complexity index is 412. The molecule has 0 saturated heterocycles. The summed E-state index contributed by atoms with van der Waals surface area (Å²) in [6.07, 6.45) is 0. The van der Waals surface area contributed by atoms with Crippen LogP contribution in [0.15, 0.2) is 17.0 Å². The maximum Gasteiger partial charge on any atom is 0.318 e. The molecule has 0 fully saturated rings. The first-order valence-electron chi connectivity index (χ1n) is 4.44. The predicted molar refractivity (Wildman–Crippen MR) is 58.1 cm³/mol. The number of hydrogen-bond donors (Lipinski definition) is 1.